The van der Waals surface area contributed by atoms with Crippen LogP contribution in [0.3, 0.4) is 0 Å². The van der Waals surface area contributed by atoms with Crippen LogP contribution in [0.4, 0.5) is 0 Å². The second-order valence-electron chi connectivity index (χ2n) is 6.19. The molecule has 0 aliphatic rings. The number of aliphatic hydroxyl groups is 1. The highest BCUT2D eigenvalue weighted by atomic mass is 32.2. The molecule has 0 aromatic carbocycles. The summed E-state index contributed by atoms with van der Waals surface area (Å²) in [6.07, 6.45) is 5.59. The van der Waals surface area contributed by atoms with E-state index in [0.29, 0.717) is 19.0 Å². The summed E-state index contributed by atoms with van der Waals surface area (Å²) in [6, 6.07) is 0. The average Bonchev–Trinajstić information content (AvgIpc) is 2.89. The van der Waals surface area contributed by atoms with Gasteiger partial charge in [-0.25, -0.2) is 0 Å². The Bertz CT molecular complexity index is 496. The minimum absolute atomic E-state index is 0.0915. The van der Waals surface area contributed by atoms with Gasteiger partial charge in [0.25, 0.3) is 0 Å². The molecule has 22 heavy (non-hydrogen) atoms. The zero-order valence-electron chi connectivity index (χ0n) is 14.5. The molecule has 0 bridgehead atoms. The Hall–Kier alpha value is -1.21. The molecule has 3 N–H and O–H groups in total. The van der Waals surface area contributed by atoms with E-state index in [9.17, 15) is 5.11 Å². The van der Waals surface area contributed by atoms with Crippen molar-refractivity contribution in [3.05, 3.63) is 18.0 Å². The number of hydrogen-bond donors (Lipinski definition) is 3. The first-order chi connectivity index (χ1) is 10.2. The van der Waals surface area contributed by atoms with Crippen molar-refractivity contribution in [1.29, 1.82) is 0 Å². The highest BCUT2D eigenvalue weighted by molar-refractivity contribution is 7.99. The third-order valence-electron chi connectivity index (χ3n) is 3.44. The van der Waals surface area contributed by atoms with E-state index in [-0.39, 0.29) is 4.75 Å². The van der Waals surface area contributed by atoms with E-state index in [0.717, 1.165) is 12.1 Å². The molecule has 0 saturated heterocycles. The Labute approximate surface area is 137 Å². The zero-order valence-corrected chi connectivity index (χ0v) is 15.3. The van der Waals surface area contributed by atoms with Crippen molar-refractivity contribution in [2.45, 2.75) is 38.0 Å². The van der Waals surface area contributed by atoms with E-state index in [1.807, 2.05) is 20.2 Å². The number of nitrogens with one attached hydrogen (secondary N) is 2. The van der Waals surface area contributed by atoms with Gasteiger partial charge in [-0.3, -0.25) is 9.67 Å². The largest absolute Gasteiger partial charge is 0.383 e. The van der Waals surface area contributed by atoms with E-state index in [1.54, 1.807) is 29.6 Å². The van der Waals surface area contributed by atoms with Gasteiger partial charge in [0.2, 0.25) is 0 Å². The van der Waals surface area contributed by atoms with Crippen LogP contribution in [0.5, 0.6) is 0 Å². The van der Waals surface area contributed by atoms with Crippen molar-refractivity contribution < 1.29 is 5.11 Å². The molecular weight excluding hydrogens is 298 g/mol. The third kappa shape index (κ3) is 5.88. The summed E-state index contributed by atoms with van der Waals surface area (Å²) in [5.41, 5.74) is -0.220. The molecule has 0 radical (unpaired) electrons. The smallest absolute Gasteiger partial charge is 0.191 e. The number of guanidine groups is 1. The van der Waals surface area contributed by atoms with Gasteiger partial charge in [-0.1, -0.05) is 0 Å². The van der Waals surface area contributed by atoms with Gasteiger partial charge < -0.3 is 15.7 Å². The number of thioether (sulfide) groups is 1. The summed E-state index contributed by atoms with van der Waals surface area (Å²) in [4.78, 5) is 4.60. The third-order valence-corrected chi connectivity index (χ3v) is 4.68. The number of hydrogen-bond acceptors (Lipinski definition) is 4. The average molecular weight is 327 g/mol. The quantitative estimate of drug-likeness (QED) is 0.520. The molecule has 1 heterocycles. The molecule has 6 nitrogen and oxygen atoms in total. The van der Waals surface area contributed by atoms with E-state index in [2.05, 4.69) is 40.8 Å². The lowest BCUT2D eigenvalue weighted by Crippen LogP contribution is -2.45. The lowest BCUT2D eigenvalue weighted by molar-refractivity contribution is 0.0616. The summed E-state index contributed by atoms with van der Waals surface area (Å²) >= 11 is 1.79. The Morgan fingerprint density at radius 1 is 1.41 bits per heavy atom. The van der Waals surface area contributed by atoms with E-state index < -0.39 is 5.60 Å². The molecule has 1 aromatic heterocycles. The minimum atomic E-state index is -1.00. The predicted molar refractivity (Wildman–Crippen MR) is 94.4 cm³/mol. The number of aryl methyl sites for hydroxylation is 1. The molecule has 0 fully saturated rings. The summed E-state index contributed by atoms with van der Waals surface area (Å²) in [7, 11) is 1.84. The van der Waals surface area contributed by atoms with E-state index in [1.165, 1.54) is 0 Å². The topological polar surface area (TPSA) is 74.5 Å². The Morgan fingerprint density at radius 2 is 2.09 bits per heavy atom. The van der Waals surface area contributed by atoms with Crippen molar-refractivity contribution in [2.75, 3.05) is 25.9 Å². The van der Waals surface area contributed by atoms with Crippen molar-refractivity contribution >= 4 is 17.7 Å². The summed E-state index contributed by atoms with van der Waals surface area (Å²) < 4.78 is 1.78. The summed E-state index contributed by atoms with van der Waals surface area (Å²) in [5, 5.41) is 21.1. The van der Waals surface area contributed by atoms with Crippen LogP contribution in [0.2, 0.25) is 0 Å². The fourth-order valence-corrected chi connectivity index (χ4v) is 1.93. The van der Waals surface area contributed by atoms with E-state index in [4.69, 9.17) is 0 Å². The van der Waals surface area contributed by atoms with Crippen LogP contribution in [0.1, 0.15) is 33.3 Å². The maximum atomic E-state index is 10.6. The molecule has 0 aliphatic carbocycles. The highest BCUT2D eigenvalue weighted by Gasteiger charge is 2.25. The molecule has 1 rings (SSSR count). The molecule has 0 aliphatic heterocycles. The van der Waals surface area contributed by atoms with Gasteiger partial charge in [-0.2, -0.15) is 16.9 Å². The first kappa shape index (κ1) is 18.8. The predicted octanol–water partition coefficient (Wildman–Crippen LogP) is 1.32. The number of aliphatic imine (C=N–C) groups is 1. The van der Waals surface area contributed by atoms with Crippen LogP contribution in [-0.2, 0) is 12.6 Å². The Balaban J connectivity index is 2.69. The summed E-state index contributed by atoms with van der Waals surface area (Å²) in [5.74, 6) is 0.716. The molecule has 7 heteroatoms. The van der Waals surface area contributed by atoms with Gasteiger partial charge in [-0.05, 0) is 34.0 Å². The molecule has 0 amide bonds. The second kappa shape index (κ2) is 7.87. The fraction of sp³-hybridized carbons (Fsp3) is 0.733. The maximum absolute atomic E-state index is 10.6. The summed E-state index contributed by atoms with van der Waals surface area (Å²) in [6.45, 7) is 9.97. The van der Waals surface area contributed by atoms with Crippen LogP contribution in [0, 0.1) is 0 Å². The Kier molecular flexibility index (Phi) is 6.74. The van der Waals surface area contributed by atoms with Gasteiger partial charge >= 0.3 is 0 Å². The lowest BCUT2D eigenvalue weighted by atomic mass is 10.00. The first-order valence-electron chi connectivity index (χ1n) is 7.49. The van der Waals surface area contributed by atoms with Crippen molar-refractivity contribution in [1.82, 2.24) is 20.4 Å². The number of rotatable bonds is 7. The van der Waals surface area contributed by atoms with Gasteiger partial charge in [0, 0.05) is 30.1 Å². The Morgan fingerprint density at radius 3 is 2.59 bits per heavy atom. The van der Waals surface area contributed by atoms with Crippen LogP contribution in [-0.4, -0.2) is 51.5 Å². The number of aromatic nitrogens is 2. The second-order valence-corrected chi connectivity index (χ2v) is 7.70. The lowest BCUT2D eigenvalue weighted by Gasteiger charge is -2.25. The molecule has 0 spiro atoms. The first-order valence-corrected chi connectivity index (χ1v) is 8.71. The van der Waals surface area contributed by atoms with Gasteiger partial charge in [0.1, 0.15) is 5.60 Å². The molecular formula is C15H29N5OS. The molecule has 1 unspecified atom stereocenters. The van der Waals surface area contributed by atoms with Crippen LogP contribution < -0.4 is 10.6 Å². The van der Waals surface area contributed by atoms with Crippen LogP contribution >= 0.6 is 11.8 Å². The maximum Gasteiger partial charge on any atom is 0.191 e. The monoisotopic (exact) mass is 327 g/mol. The van der Waals surface area contributed by atoms with Crippen LogP contribution in [0.25, 0.3) is 0 Å². The van der Waals surface area contributed by atoms with Crippen molar-refractivity contribution in [3.63, 3.8) is 0 Å². The normalized spacial score (nSPS) is 15.5. The van der Waals surface area contributed by atoms with Gasteiger partial charge in [0.15, 0.2) is 5.96 Å². The molecule has 0 saturated carbocycles. The fourth-order valence-electron chi connectivity index (χ4n) is 1.73. The number of nitrogens with zero attached hydrogens (tertiary/aromatic N) is 3. The molecule has 1 atom stereocenters. The molecule has 126 valence electrons. The SMILES string of the molecule is CCNC(=NCC(C)(C)SC)NCC(C)(O)c1cnn(C)c1. The van der Waals surface area contributed by atoms with Crippen molar-refractivity contribution in [2.24, 2.45) is 12.0 Å². The zero-order chi connectivity index (χ0) is 16.8. The highest BCUT2D eigenvalue weighted by Crippen LogP contribution is 2.21. The minimum Gasteiger partial charge on any atom is -0.383 e. The van der Waals surface area contributed by atoms with Crippen molar-refractivity contribution in [3.8, 4) is 0 Å². The van der Waals surface area contributed by atoms with E-state index >= 15 is 0 Å². The standard InChI is InChI=1S/C15H29N5OS/c1-7-16-13(17-10-14(2,3)22-6)18-11-15(4,21)12-8-19-20(5)9-12/h8-9,21H,7,10-11H2,1-6H3,(H2,16,17,18). The van der Waals surface area contributed by atoms with Gasteiger partial charge in [-0.15, -0.1) is 0 Å². The molecule has 1 aromatic rings. The van der Waals surface area contributed by atoms with Crippen LogP contribution in [0.15, 0.2) is 17.4 Å². The van der Waals surface area contributed by atoms with Gasteiger partial charge in [0.05, 0.1) is 19.3 Å².